The monoisotopic (exact) mass is 192 g/mol. The third kappa shape index (κ3) is 3.04. The minimum absolute atomic E-state index is 0.591. The molecule has 0 fully saturated rings. The van der Waals surface area contributed by atoms with E-state index in [4.69, 9.17) is 11.2 Å². The molecule has 0 aliphatic rings. The van der Waals surface area contributed by atoms with Gasteiger partial charge in [-0.1, -0.05) is 12.1 Å². The molecule has 0 saturated heterocycles. The predicted octanol–water partition coefficient (Wildman–Crippen LogP) is 2.81. The van der Waals surface area contributed by atoms with E-state index >= 15 is 0 Å². The molecule has 0 atom stereocenters. The minimum atomic E-state index is 0.591. The molecule has 0 aromatic heterocycles. The largest absolute Gasteiger partial charge is 0.491 e. The number of thioether (sulfide) groups is 1. The number of hydrogen-bond donors (Lipinski definition) is 0. The quantitative estimate of drug-likeness (QED) is 0.412. The summed E-state index contributed by atoms with van der Waals surface area (Å²) >= 11 is 1.68. The van der Waals surface area contributed by atoms with Crippen LogP contribution in [0, 0.1) is 12.3 Å². The lowest BCUT2D eigenvalue weighted by atomic mass is 10.3. The van der Waals surface area contributed by atoms with E-state index < -0.39 is 0 Å². The molecule has 0 aliphatic heterocycles. The van der Waals surface area contributed by atoms with E-state index in [-0.39, 0.29) is 0 Å². The van der Waals surface area contributed by atoms with Crippen molar-refractivity contribution in [2.75, 3.05) is 12.9 Å². The molecular weight excluding hydrogens is 180 g/mol. The molecule has 1 aromatic rings. The molecule has 1 nitrogen and oxygen atoms in total. The van der Waals surface area contributed by atoms with Crippen LogP contribution in [-0.2, 0) is 0 Å². The summed E-state index contributed by atoms with van der Waals surface area (Å²) in [5.41, 5.74) is 0. The first-order chi connectivity index (χ1) is 6.38. The lowest BCUT2D eigenvalue weighted by Crippen LogP contribution is -1.96. The lowest BCUT2D eigenvalue weighted by Gasteiger charge is -2.07. The van der Waals surface area contributed by atoms with E-state index in [1.165, 1.54) is 0 Å². The smallest absolute Gasteiger partial charge is 0.132 e. The molecule has 1 rings (SSSR count). The molecule has 0 unspecified atom stereocenters. The number of hydrogen-bond acceptors (Lipinski definition) is 2. The summed E-state index contributed by atoms with van der Waals surface area (Å²) in [4.78, 5) is 1.15. The van der Waals surface area contributed by atoms with Gasteiger partial charge in [0.25, 0.3) is 0 Å². The van der Waals surface area contributed by atoms with E-state index in [0.29, 0.717) is 13.0 Å². The summed E-state index contributed by atoms with van der Waals surface area (Å²) in [5, 5.41) is 0. The minimum Gasteiger partial charge on any atom is -0.491 e. The Morgan fingerprint density at radius 1 is 1.46 bits per heavy atom. The second kappa shape index (κ2) is 5.55. The Morgan fingerprint density at radius 3 is 2.92 bits per heavy atom. The third-order valence-electron chi connectivity index (χ3n) is 1.57. The zero-order valence-corrected chi connectivity index (χ0v) is 8.43. The summed E-state index contributed by atoms with van der Waals surface area (Å²) in [6.45, 7) is 0.591. The van der Waals surface area contributed by atoms with E-state index in [1.54, 1.807) is 11.8 Å². The Hall–Kier alpha value is -1.07. The molecule has 13 heavy (non-hydrogen) atoms. The van der Waals surface area contributed by atoms with Crippen molar-refractivity contribution in [3.8, 4) is 18.1 Å². The first-order valence-electron chi connectivity index (χ1n) is 4.07. The Morgan fingerprint density at radius 2 is 2.23 bits per heavy atom. The third-order valence-corrected chi connectivity index (χ3v) is 2.35. The van der Waals surface area contributed by atoms with Gasteiger partial charge in [0.2, 0.25) is 0 Å². The normalized spacial score (nSPS) is 9.23. The van der Waals surface area contributed by atoms with E-state index in [9.17, 15) is 0 Å². The molecule has 0 amide bonds. The molecule has 0 radical (unpaired) electrons. The zero-order valence-electron chi connectivity index (χ0n) is 7.62. The average Bonchev–Trinajstić information content (AvgIpc) is 2.19. The van der Waals surface area contributed by atoms with Gasteiger partial charge in [0.05, 0.1) is 6.61 Å². The maximum atomic E-state index is 5.51. The van der Waals surface area contributed by atoms with Crippen molar-refractivity contribution >= 4 is 11.8 Å². The number of rotatable bonds is 4. The molecule has 0 bridgehead atoms. The van der Waals surface area contributed by atoms with Crippen LogP contribution in [0.4, 0.5) is 0 Å². The van der Waals surface area contributed by atoms with Gasteiger partial charge in [0.1, 0.15) is 5.75 Å². The van der Waals surface area contributed by atoms with Crippen LogP contribution in [0.15, 0.2) is 29.2 Å². The molecule has 2 heteroatoms. The van der Waals surface area contributed by atoms with Gasteiger partial charge in [-0.3, -0.25) is 0 Å². The van der Waals surface area contributed by atoms with Gasteiger partial charge in [-0.15, -0.1) is 24.1 Å². The maximum absolute atomic E-state index is 5.51. The summed E-state index contributed by atoms with van der Waals surface area (Å²) in [5.74, 6) is 3.47. The molecule has 1 aromatic carbocycles. The Labute approximate surface area is 83.5 Å². The van der Waals surface area contributed by atoms with Crippen molar-refractivity contribution in [1.82, 2.24) is 0 Å². The van der Waals surface area contributed by atoms with Gasteiger partial charge in [-0.05, 0) is 18.4 Å². The predicted molar refractivity (Wildman–Crippen MR) is 57.2 cm³/mol. The highest BCUT2D eigenvalue weighted by Crippen LogP contribution is 2.26. The fraction of sp³-hybridized carbons (Fsp3) is 0.273. The van der Waals surface area contributed by atoms with Crippen LogP contribution in [0.25, 0.3) is 0 Å². The maximum Gasteiger partial charge on any atom is 0.132 e. The Kier molecular flexibility index (Phi) is 4.28. The molecule has 0 aliphatic carbocycles. The Balaban J connectivity index is 2.60. The van der Waals surface area contributed by atoms with Crippen LogP contribution in [-0.4, -0.2) is 12.9 Å². The highest BCUT2D eigenvalue weighted by molar-refractivity contribution is 7.98. The SMILES string of the molecule is C#CCCOc1ccccc1SC. The molecule has 0 heterocycles. The molecule has 0 N–H and O–H groups in total. The zero-order chi connectivity index (χ0) is 9.52. The molecule has 0 spiro atoms. The van der Waals surface area contributed by atoms with Crippen molar-refractivity contribution in [3.63, 3.8) is 0 Å². The van der Waals surface area contributed by atoms with E-state index in [2.05, 4.69) is 5.92 Å². The summed E-state index contributed by atoms with van der Waals surface area (Å²) in [7, 11) is 0. The van der Waals surface area contributed by atoms with Crippen LogP contribution >= 0.6 is 11.8 Å². The molecular formula is C11H12OS. The summed E-state index contributed by atoms with van der Waals surface area (Å²) in [6.07, 6.45) is 7.81. The average molecular weight is 192 g/mol. The van der Waals surface area contributed by atoms with Crippen LogP contribution in [0.5, 0.6) is 5.75 Å². The highest BCUT2D eigenvalue weighted by atomic mass is 32.2. The number of benzene rings is 1. The van der Waals surface area contributed by atoms with E-state index in [1.807, 2.05) is 30.5 Å². The van der Waals surface area contributed by atoms with Crippen LogP contribution < -0.4 is 4.74 Å². The van der Waals surface area contributed by atoms with Gasteiger partial charge in [0, 0.05) is 11.3 Å². The summed E-state index contributed by atoms with van der Waals surface area (Å²) < 4.78 is 5.51. The van der Waals surface area contributed by atoms with Gasteiger partial charge in [-0.25, -0.2) is 0 Å². The summed E-state index contributed by atoms with van der Waals surface area (Å²) in [6, 6.07) is 7.96. The first kappa shape index (κ1) is 10.0. The number of ether oxygens (including phenoxy) is 1. The van der Waals surface area contributed by atoms with Crippen LogP contribution in [0.3, 0.4) is 0 Å². The van der Waals surface area contributed by atoms with Crippen molar-refractivity contribution < 1.29 is 4.74 Å². The van der Waals surface area contributed by atoms with E-state index in [0.717, 1.165) is 10.6 Å². The van der Waals surface area contributed by atoms with Crippen molar-refractivity contribution in [2.45, 2.75) is 11.3 Å². The van der Waals surface area contributed by atoms with Crippen LogP contribution in [0.2, 0.25) is 0 Å². The van der Waals surface area contributed by atoms with Gasteiger partial charge in [0.15, 0.2) is 0 Å². The molecule has 68 valence electrons. The van der Waals surface area contributed by atoms with Gasteiger partial charge >= 0.3 is 0 Å². The standard InChI is InChI=1S/C11H12OS/c1-3-4-9-12-10-7-5-6-8-11(10)13-2/h1,5-8H,4,9H2,2H3. The topological polar surface area (TPSA) is 9.23 Å². The fourth-order valence-corrected chi connectivity index (χ4v) is 1.50. The van der Waals surface area contributed by atoms with Gasteiger partial charge < -0.3 is 4.74 Å². The van der Waals surface area contributed by atoms with Gasteiger partial charge in [-0.2, -0.15) is 0 Å². The second-order valence-corrected chi connectivity index (χ2v) is 3.30. The van der Waals surface area contributed by atoms with Crippen LogP contribution in [0.1, 0.15) is 6.42 Å². The van der Waals surface area contributed by atoms with Crippen molar-refractivity contribution in [2.24, 2.45) is 0 Å². The fourth-order valence-electron chi connectivity index (χ4n) is 0.958. The highest BCUT2D eigenvalue weighted by Gasteiger charge is 1.99. The van der Waals surface area contributed by atoms with Crippen molar-refractivity contribution in [3.05, 3.63) is 24.3 Å². The Bertz CT molecular complexity index is 301. The number of terminal acetylenes is 1. The van der Waals surface area contributed by atoms with Crippen molar-refractivity contribution in [1.29, 1.82) is 0 Å². The first-order valence-corrected chi connectivity index (χ1v) is 5.30. The lowest BCUT2D eigenvalue weighted by molar-refractivity contribution is 0.320. The molecule has 0 saturated carbocycles. The number of para-hydroxylation sites is 1. The second-order valence-electron chi connectivity index (χ2n) is 2.45.